The predicted octanol–water partition coefficient (Wildman–Crippen LogP) is 2.46. The van der Waals surface area contributed by atoms with E-state index in [9.17, 15) is 14.4 Å². The highest BCUT2D eigenvalue weighted by Gasteiger charge is 2.23. The lowest BCUT2D eigenvalue weighted by molar-refractivity contribution is 0.0325. The van der Waals surface area contributed by atoms with E-state index in [1.165, 1.54) is 10.9 Å². The first kappa shape index (κ1) is 18.1. The van der Waals surface area contributed by atoms with Crippen molar-refractivity contribution in [2.24, 2.45) is 7.05 Å². The van der Waals surface area contributed by atoms with Crippen molar-refractivity contribution in [3.63, 3.8) is 0 Å². The topological polar surface area (TPSA) is 107 Å². The van der Waals surface area contributed by atoms with Crippen LogP contribution in [0.1, 0.15) is 34.1 Å². The second kappa shape index (κ2) is 6.68. The summed E-state index contributed by atoms with van der Waals surface area (Å²) in [4.78, 5) is 49.3. The van der Waals surface area contributed by atoms with Crippen LogP contribution in [0.25, 0.3) is 21.1 Å². The van der Waals surface area contributed by atoms with Gasteiger partial charge in [0.25, 0.3) is 11.1 Å². The zero-order valence-electron chi connectivity index (χ0n) is 15.3. The molecule has 142 valence electrons. The highest BCUT2D eigenvalue weighted by Crippen LogP contribution is 2.28. The molecular weight excluding hydrogens is 380 g/mol. The van der Waals surface area contributed by atoms with Crippen molar-refractivity contribution in [1.29, 1.82) is 0 Å². The molecule has 0 radical (unpaired) electrons. The fourth-order valence-electron chi connectivity index (χ4n) is 2.97. The summed E-state index contributed by atoms with van der Waals surface area (Å²) in [6.07, 6.45) is 0.646. The van der Waals surface area contributed by atoms with Gasteiger partial charge in [-0.1, -0.05) is 12.1 Å². The minimum absolute atomic E-state index is 0.216. The number of rotatable bonds is 3. The number of hydrogen-bond donors (Lipinski definition) is 1. The lowest BCUT2D eigenvalue weighted by atomic mass is 10.2. The van der Waals surface area contributed by atoms with E-state index in [4.69, 9.17) is 4.74 Å². The first-order chi connectivity index (χ1) is 13.4. The first-order valence-electron chi connectivity index (χ1n) is 8.51. The number of thiophene rings is 1. The zero-order chi connectivity index (χ0) is 20.0. The largest absolute Gasteiger partial charge is 0.450 e. The van der Waals surface area contributed by atoms with Crippen molar-refractivity contribution < 1.29 is 9.53 Å². The van der Waals surface area contributed by atoms with Crippen LogP contribution in [0, 0.1) is 6.92 Å². The summed E-state index contributed by atoms with van der Waals surface area (Å²) in [6, 6.07) is 6.93. The molecule has 8 nitrogen and oxygen atoms in total. The number of aromatic amines is 1. The Morgan fingerprint density at radius 1 is 1.29 bits per heavy atom. The smallest absolute Gasteiger partial charge is 0.349 e. The lowest BCUT2D eigenvalue weighted by Crippen LogP contribution is -2.18. The van der Waals surface area contributed by atoms with Crippen LogP contribution in [-0.4, -0.2) is 25.5 Å². The number of aryl methyl sites for hydroxylation is 2. The Hall–Kier alpha value is -3.33. The van der Waals surface area contributed by atoms with Crippen LogP contribution >= 0.6 is 11.3 Å². The molecule has 1 aromatic carbocycles. The summed E-state index contributed by atoms with van der Waals surface area (Å²) >= 11 is 1.11. The van der Waals surface area contributed by atoms with Crippen LogP contribution in [0.3, 0.4) is 0 Å². The van der Waals surface area contributed by atoms with E-state index in [0.29, 0.717) is 31.6 Å². The van der Waals surface area contributed by atoms with Crippen LogP contribution in [0.4, 0.5) is 0 Å². The molecule has 28 heavy (non-hydrogen) atoms. The number of ether oxygens (including phenoxy) is 1. The minimum atomic E-state index is -0.773. The van der Waals surface area contributed by atoms with Gasteiger partial charge in [0.2, 0.25) is 0 Å². The summed E-state index contributed by atoms with van der Waals surface area (Å²) in [5, 5.41) is 0.874. The molecular formula is C19H16N4O4S. The molecule has 0 saturated carbocycles. The molecule has 0 bridgehead atoms. The molecule has 4 aromatic rings. The van der Waals surface area contributed by atoms with Crippen LogP contribution in [-0.2, 0) is 11.8 Å². The third-order valence-corrected chi connectivity index (χ3v) is 5.68. The van der Waals surface area contributed by atoms with Gasteiger partial charge in [-0.3, -0.25) is 9.59 Å². The summed E-state index contributed by atoms with van der Waals surface area (Å²) in [6.45, 7) is 3.32. The maximum atomic E-state index is 12.7. The van der Waals surface area contributed by atoms with Crippen molar-refractivity contribution in [3.8, 4) is 0 Å². The molecule has 0 aliphatic rings. The number of nitrogens with one attached hydrogen (secondary N) is 1. The monoisotopic (exact) mass is 396 g/mol. The molecule has 9 heteroatoms. The number of carbonyl (C=O) groups is 1. The van der Waals surface area contributed by atoms with E-state index < -0.39 is 12.1 Å². The Morgan fingerprint density at radius 3 is 2.82 bits per heavy atom. The molecule has 4 rings (SSSR count). The van der Waals surface area contributed by atoms with E-state index in [2.05, 4.69) is 15.0 Å². The highest BCUT2D eigenvalue weighted by atomic mass is 32.1. The standard InChI is InChI=1S/C19H16N4O4S/c1-9-13-17(20-8-23(3)18(13)25)28-14(9)19(26)27-10(2)15-21-12-7-5-4-6-11(12)16(24)22-15/h4-8,10H,1-3H3,(H,21,22,24). The number of aromatic nitrogens is 4. The normalized spacial score (nSPS) is 12.4. The fourth-order valence-corrected chi connectivity index (χ4v) is 3.99. The van der Waals surface area contributed by atoms with Crippen molar-refractivity contribution in [3.05, 3.63) is 67.6 Å². The molecule has 0 saturated heterocycles. The van der Waals surface area contributed by atoms with Crippen LogP contribution < -0.4 is 11.1 Å². The van der Waals surface area contributed by atoms with Gasteiger partial charge in [0, 0.05) is 7.05 Å². The molecule has 1 atom stereocenters. The van der Waals surface area contributed by atoms with Gasteiger partial charge in [-0.25, -0.2) is 14.8 Å². The lowest BCUT2D eigenvalue weighted by Gasteiger charge is -2.12. The molecule has 0 aliphatic heterocycles. The number of para-hydroxylation sites is 1. The molecule has 3 heterocycles. The number of H-pyrrole nitrogens is 1. The Morgan fingerprint density at radius 2 is 2.04 bits per heavy atom. The van der Waals surface area contributed by atoms with Gasteiger partial charge < -0.3 is 14.3 Å². The fraction of sp³-hybridized carbons (Fsp3) is 0.211. The van der Waals surface area contributed by atoms with Crippen molar-refractivity contribution in [2.45, 2.75) is 20.0 Å². The Bertz CT molecular complexity index is 1350. The number of carbonyl (C=O) groups excluding carboxylic acids is 1. The van der Waals surface area contributed by atoms with Crippen LogP contribution in [0.15, 0.2) is 40.2 Å². The molecule has 1 N–H and O–H groups in total. The SMILES string of the molecule is Cc1c(C(=O)OC(C)c2nc3ccccc3c(=O)[nH]2)sc2ncn(C)c(=O)c12. The Labute approximate surface area is 162 Å². The van der Waals surface area contributed by atoms with E-state index in [-0.39, 0.29) is 16.9 Å². The molecule has 0 amide bonds. The van der Waals surface area contributed by atoms with E-state index in [1.807, 2.05) is 0 Å². The summed E-state index contributed by atoms with van der Waals surface area (Å²) < 4.78 is 6.87. The predicted molar refractivity (Wildman–Crippen MR) is 106 cm³/mol. The minimum Gasteiger partial charge on any atom is -0.450 e. The van der Waals surface area contributed by atoms with Gasteiger partial charge in [-0.15, -0.1) is 11.3 Å². The van der Waals surface area contributed by atoms with Gasteiger partial charge in [-0.05, 0) is 31.5 Å². The Kier molecular flexibility index (Phi) is 4.31. The quantitative estimate of drug-likeness (QED) is 0.533. The van der Waals surface area contributed by atoms with Crippen molar-refractivity contribution in [1.82, 2.24) is 19.5 Å². The molecule has 0 spiro atoms. The third-order valence-electron chi connectivity index (χ3n) is 4.50. The second-order valence-electron chi connectivity index (χ2n) is 6.41. The van der Waals surface area contributed by atoms with E-state index >= 15 is 0 Å². The third kappa shape index (κ3) is 2.89. The number of fused-ring (bicyclic) bond motifs is 2. The molecule has 3 aromatic heterocycles. The average molecular weight is 396 g/mol. The maximum absolute atomic E-state index is 12.7. The van der Waals surface area contributed by atoms with E-state index in [1.54, 1.807) is 45.2 Å². The van der Waals surface area contributed by atoms with Gasteiger partial charge in [0.1, 0.15) is 9.71 Å². The highest BCUT2D eigenvalue weighted by molar-refractivity contribution is 7.20. The summed E-state index contributed by atoms with van der Waals surface area (Å²) in [5.74, 6) is -0.337. The van der Waals surface area contributed by atoms with Crippen LogP contribution in [0.2, 0.25) is 0 Å². The van der Waals surface area contributed by atoms with Gasteiger partial charge in [0.15, 0.2) is 11.9 Å². The molecule has 0 aliphatic carbocycles. The summed E-state index contributed by atoms with van der Waals surface area (Å²) in [7, 11) is 1.60. The van der Waals surface area contributed by atoms with Crippen LogP contribution in [0.5, 0.6) is 0 Å². The first-order valence-corrected chi connectivity index (χ1v) is 9.33. The van der Waals surface area contributed by atoms with Gasteiger partial charge in [0.05, 0.1) is 22.6 Å². The number of esters is 1. The van der Waals surface area contributed by atoms with Crippen molar-refractivity contribution >= 4 is 38.4 Å². The van der Waals surface area contributed by atoms with Gasteiger partial charge in [-0.2, -0.15) is 0 Å². The molecule has 1 unspecified atom stereocenters. The average Bonchev–Trinajstić information content (AvgIpc) is 3.02. The maximum Gasteiger partial charge on any atom is 0.349 e. The van der Waals surface area contributed by atoms with Gasteiger partial charge >= 0.3 is 5.97 Å². The van der Waals surface area contributed by atoms with Crippen molar-refractivity contribution in [2.75, 3.05) is 0 Å². The summed E-state index contributed by atoms with van der Waals surface area (Å²) in [5.41, 5.74) is 0.543. The number of benzene rings is 1. The number of hydrogen-bond acceptors (Lipinski definition) is 7. The second-order valence-corrected chi connectivity index (χ2v) is 7.41. The number of nitrogens with zero attached hydrogens (tertiary/aromatic N) is 3. The Balaban J connectivity index is 1.68. The molecule has 0 fully saturated rings. The zero-order valence-corrected chi connectivity index (χ0v) is 16.2. The van der Waals surface area contributed by atoms with E-state index in [0.717, 1.165) is 11.3 Å².